The van der Waals surface area contributed by atoms with Gasteiger partial charge in [-0.15, -0.1) is 0 Å². The number of ether oxygens (including phenoxy) is 1. The third-order valence-electron chi connectivity index (χ3n) is 8.12. The molecule has 0 N–H and O–H groups in total. The number of hydrogen-bond acceptors (Lipinski definition) is 2. The standard InChI is InChI=1S/C36H22N2O/c1-2-11-25-24(10-1)26-12-3-8-18-32(26)38-33-21-20-23(22-35(33)39-34-19-9-15-29(25)36(34)38)37-30-16-6-4-13-27(30)28-14-5-7-17-31(28)37/h1-22H. The Bertz CT molecular complexity index is 2070. The summed E-state index contributed by atoms with van der Waals surface area (Å²) in [6.07, 6.45) is 0. The van der Waals surface area contributed by atoms with Crippen LogP contribution in [0.5, 0.6) is 11.5 Å². The first-order valence-electron chi connectivity index (χ1n) is 13.3. The molecular formula is C36H22N2O. The molecule has 0 bridgehead atoms. The van der Waals surface area contributed by atoms with Crippen molar-refractivity contribution in [2.75, 3.05) is 4.90 Å². The Hall–Kier alpha value is -5.28. The van der Waals surface area contributed by atoms with Crippen molar-refractivity contribution in [2.24, 2.45) is 0 Å². The molecule has 182 valence electrons. The lowest BCUT2D eigenvalue weighted by Gasteiger charge is -2.34. The lowest BCUT2D eigenvalue weighted by Crippen LogP contribution is -2.16. The molecule has 9 rings (SSSR count). The quantitative estimate of drug-likeness (QED) is 0.224. The molecule has 39 heavy (non-hydrogen) atoms. The number of anilines is 3. The minimum absolute atomic E-state index is 0.847. The zero-order valence-corrected chi connectivity index (χ0v) is 21.0. The maximum atomic E-state index is 6.72. The SMILES string of the molecule is c1ccc2c(c1)-c1ccccc1N1c3ccc(-n4c5ccccc5c5ccccc54)cc3Oc3cccc-2c31. The lowest BCUT2D eigenvalue weighted by atomic mass is 9.94. The summed E-state index contributed by atoms with van der Waals surface area (Å²) in [5, 5.41) is 2.50. The highest BCUT2D eigenvalue weighted by Gasteiger charge is 2.33. The van der Waals surface area contributed by atoms with Gasteiger partial charge in [0.15, 0.2) is 11.5 Å². The molecule has 0 fully saturated rings. The Labute approximate surface area is 225 Å². The summed E-state index contributed by atoms with van der Waals surface area (Å²) in [5.41, 5.74) is 11.6. The smallest absolute Gasteiger partial charge is 0.153 e. The van der Waals surface area contributed by atoms with Crippen molar-refractivity contribution < 1.29 is 4.74 Å². The van der Waals surface area contributed by atoms with Crippen molar-refractivity contribution >= 4 is 38.9 Å². The van der Waals surface area contributed by atoms with Crippen molar-refractivity contribution in [3.63, 3.8) is 0 Å². The molecule has 0 atom stereocenters. The van der Waals surface area contributed by atoms with Gasteiger partial charge in [-0.1, -0.05) is 91.0 Å². The van der Waals surface area contributed by atoms with Crippen molar-refractivity contribution in [3.8, 4) is 39.4 Å². The van der Waals surface area contributed by atoms with Gasteiger partial charge in [-0.3, -0.25) is 0 Å². The molecule has 3 heterocycles. The minimum atomic E-state index is 0.847. The van der Waals surface area contributed by atoms with E-state index in [9.17, 15) is 0 Å². The molecule has 0 aliphatic carbocycles. The first-order chi connectivity index (χ1) is 19.4. The summed E-state index contributed by atoms with van der Waals surface area (Å²) in [4.78, 5) is 2.38. The Morgan fingerprint density at radius 3 is 1.82 bits per heavy atom. The van der Waals surface area contributed by atoms with E-state index in [4.69, 9.17) is 4.74 Å². The number of benzene rings is 6. The van der Waals surface area contributed by atoms with E-state index >= 15 is 0 Å². The summed E-state index contributed by atoms with van der Waals surface area (Å²) in [5.74, 6) is 1.71. The van der Waals surface area contributed by atoms with Gasteiger partial charge in [0.05, 0.1) is 33.8 Å². The van der Waals surface area contributed by atoms with Gasteiger partial charge in [0.25, 0.3) is 0 Å². The topological polar surface area (TPSA) is 17.4 Å². The fourth-order valence-electron chi connectivity index (χ4n) is 6.50. The molecule has 0 saturated carbocycles. The van der Waals surface area contributed by atoms with Gasteiger partial charge in [-0.25, -0.2) is 0 Å². The normalized spacial score (nSPS) is 12.8. The van der Waals surface area contributed by atoms with Gasteiger partial charge >= 0.3 is 0 Å². The van der Waals surface area contributed by atoms with Crippen LogP contribution in [0.4, 0.5) is 17.1 Å². The molecule has 2 aliphatic heterocycles. The van der Waals surface area contributed by atoms with Gasteiger partial charge in [0, 0.05) is 28.0 Å². The monoisotopic (exact) mass is 498 g/mol. The molecule has 6 aromatic carbocycles. The molecule has 3 nitrogen and oxygen atoms in total. The average molecular weight is 499 g/mol. The molecule has 7 aromatic rings. The van der Waals surface area contributed by atoms with Gasteiger partial charge in [0.1, 0.15) is 0 Å². The number of fused-ring (bicyclic) bond motifs is 10. The molecule has 3 heteroatoms. The van der Waals surface area contributed by atoms with E-state index < -0.39 is 0 Å². The third kappa shape index (κ3) is 2.76. The number of aromatic nitrogens is 1. The van der Waals surface area contributed by atoms with Crippen LogP contribution in [-0.4, -0.2) is 4.57 Å². The molecule has 0 radical (unpaired) electrons. The second kappa shape index (κ2) is 7.62. The maximum absolute atomic E-state index is 6.72. The highest BCUT2D eigenvalue weighted by atomic mass is 16.5. The summed E-state index contributed by atoms with van der Waals surface area (Å²) >= 11 is 0. The van der Waals surface area contributed by atoms with E-state index in [0.29, 0.717) is 0 Å². The third-order valence-corrected chi connectivity index (χ3v) is 8.12. The molecule has 1 aromatic heterocycles. The molecule has 0 spiro atoms. The van der Waals surface area contributed by atoms with Crippen molar-refractivity contribution in [1.29, 1.82) is 0 Å². The number of rotatable bonds is 1. The van der Waals surface area contributed by atoms with E-state index in [1.807, 2.05) is 0 Å². The Kier molecular flexibility index (Phi) is 4.05. The van der Waals surface area contributed by atoms with Crippen LogP contribution in [0, 0.1) is 0 Å². The predicted octanol–water partition coefficient (Wildman–Crippen LogP) is 10.0. The lowest BCUT2D eigenvalue weighted by molar-refractivity contribution is 0.477. The van der Waals surface area contributed by atoms with Gasteiger partial charge < -0.3 is 14.2 Å². The van der Waals surface area contributed by atoms with Crippen molar-refractivity contribution in [2.45, 2.75) is 0 Å². The van der Waals surface area contributed by atoms with Crippen LogP contribution in [0.2, 0.25) is 0 Å². The van der Waals surface area contributed by atoms with E-state index in [1.165, 1.54) is 44.1 Å². The van der Waals surface area contributed by atoms with Crippen molar-refractivity contribution in [1.82, 2.24) is 4.57 Å². The number of nitrogens with zero attached hydrogens (tertiary/aromatic N) is 2. The van der Waals surface area contributed by atoms with Crippen LogP contribution in [0.25, 0.3) is 49.7 Å². The van der Waals surface area contributed by atoms with E-state index in [1.54, 1.807) is 0 Å². The van der Waals surface area contributed by atoms with Crippen LogP contribution >= 0.6 is 0 Å². The van der Waals surface area contributed by atoms with Crippen LogP contribution in [0.1, 0.15) is 0 Å². The number of para-hydroxylation sites is 4. The van der Waals surface area contributed by atoms with Crippen LogP contribution < -0.4 is 9.64 Å². The Morgan fingerprint density at radius 1 is 0.436 bits per heavy atom. The van der Waals surface area contributed by atoms with Gasteiger partial charge in [0.2, 0.25) is 0 Å². The Balaban J connectivity index is 1.32. The highest BCUT2D eigenvalue weighted by molar-refractivity contribution is 6.10. The summed E-state index contributed by atoms with van der Waals surface area (Å²) in [7, 11) is 0. The maximum Gasteiger partial charge on any atom is 0.153 e. The Morgan fingerprint density at radius 2 is 1.05 bits per heavy atom. The molecule has 0 saturated heterocycles. The second-order valence-corrected chi connectivity index (χ2v) is 10.2. The van der Waals surface area contributed by atoms with Crippen LogP contribution in [-0.2, 0) is 0 Å². The molecule has 0 unspecified atom stereocenters. The van der Waals surface area contributed by atoms with Crippen molar-refractivity contribution in [3.05, 3.63) is 133 Å². The fraction of sp³-hybridized carbons (Fsp3) is 0. The fourth-order valence-corrected chi connectivity index (χ4v) is 6.50. The van der Waals surface area contributed by atoms with E-state index in [0.717, 1.165) is 34.2 Å². The van der Waals surface area contributed by atoms with E-state index in [-0.39, 0.29) is 0 Å². The molecule has 0 amide bonds. The zero-order chi connectivity index (χ0) is 25.5. The zero-order valence-electron chi connectivity index (χ0n) is 21.0. The molecule has 2 aliphatic rings. The first-order valence-corrected chi connectivity index (χ1v) is 13.3. The number of hydrogen-bond donors (Lipinski definition) is 0. The second-order valence-electron chi connectivity index (χ2n) is 10.2. The minimum Gasteiger partial charge on any atom is -0.453 e. The summed E-state index contributed by atoms with van der Waals surface area (Å²) in [6, 6.07) is 47.6. The van der Waals surface area contributed by atoms with E-state index in [2.05, 4.69) is 143 Å². The summed E-state index contributed by atoms with van der Waals surface area (Å²) < 4.78 is 9.06. The average Bonchev–Trinajstić information content (AvgIpc) is 3.27. The van der Waals surface area contributed by atoms with Gasteiger partial charge in [-0.05, 0) is 47.5 Å². The van der Waals surface area contributed by atoms with Crippen LogP contribution in [0.3, 0.4) is 0 Å². The van der Waals surface area contributed by atoms with Crippen LogP contribution in [0.15, 0.2) is 133 Å². The summed E-state index contributed by atoms with van der Waals surface area (Å²) in [6.45, 7) is 0. The highest BCUT2D eigenvalue weighted by Crippen LogP contribution is 2.58. The largest absolute Gasteiger partial charge is 0.453 e. The first kappa shape index (κ1) is 20.7. The molecular weight excluding hydrogens is 476 g/mol. The van der Waals surface area contributed by atoms with Gasteiger partial charge in [-0.2, -0.15) is 0 Å². The predicted molar refractivity (Wildman–Crippen MR) is 160 cm³/mol.